The number of nitrogens with zero attached hydrogens (tertiary/aromatic N) is 1. The van der Waals surface area contributed by atoms with E-state index >= 15 is 0 Å². The highest BCUT2D eigenvalue weighted by Gasteiger charge is 2.21. The predicted octanol–water partition coefficient (Wildman–Crippen LogP) is 2.67. The Morgan fingerprint density at radius 1 is 1.28 bits per heavy atom. The van der Waals surface area contributed by atoms with Crippen molar-refractivity contribution in [3.05, 3.63) is 34.5 Å². The number of piperidine rings is 1. The fraction of sp³-hybridized carbons (Fsp3) is 0.556. The molecule has 0 amide bonds. The molecule has 0 aromatic carbocycles. The van der Waals surface area contributed by atoms with Crippen LogP contribution in [-0.2, 0) is 16.1 Å². The van der Waals surface area contributed by atoms with Crippen molar-refractivity contribution < 1.29 is 19.8 Å². The second-order valence-electron chi connectivity index (χ2n) is 6.39. The van der Waals surface area contributed by atoms with Crippen LogP contribution in [-0.4, -0.2) is 52.7 Å². The van der Waals surface area contributed by atoms with E-state index in [-0.39, 0.29) is 0 Å². The van der Waals surface area contributed by atoms with Crippen LogP contribution in [0.3, 0.4) is 0 Å². The molecule has 6 nitrogen and oxygen atoms in total. The van der Waals surface area contributed by atoms with Crippen molar-refractivity contribution in [3.63, 3.8) is 0 Å². The zero-order valence-corrected chi connectivity index (χ0v) is 15.7. The second kappa shape index (κ2) is 11.8. The Morgan fingerprint density at radius 3 is 2.32 bits per heavy atom. The van der Waals surface area contributed by atoms with E-state index in [1.165, 1.54) is 37.4 Å². The molecule has 7 heteroatoms. The van der Waals surface area contributed by atoms with E-state index in [0.717, 1.165) is 18.5 Å². The van der Waals surface area contributed by atoms with Crippen LogP contribution in [0, 0.1) is 5.92 Å². The molecule has 1 saturated heterocycles. The van der Waals surface area contributed by atoms with E-state index in [4.69, 9.17) is 10.2 Å². The van der Waals surface area contributed by atoms with E-state index in [1.807, 2.05) is 11.3 Å². The Morgan fingerprint density at radius 2 is 1.88 bits per heavy atom. The summed E-state index contributed by atoms with van der Waals surface area (Å²) in [6, 6.07) is 5.20. The van der Waals surface area contributed by atoms with Crippen molar-refractivity contribution in [1.82, 2.24) is 10.2 Å². The summed E-state index contributed by atoms with van der Waals surface area (Å²) in [4.78, 5) is 23.3. The van der Waals surface area contributed by atoms with Crippen LogP contribution in [0.4, 0.5) is 0 Å². The minimum absolute atomic E-state index is 0.558. The first-order chi connectivity index (χ1) is 11.9. The molecule has 2 rings (SSSR count). The number of rotatable bonds is 7. The van der Waals surface area contributed by atoms with Crippen LogP contribution in [0.5, 0.6) is 0 Å². The maximum absolute atomic E-state index is 9.55. The zero-order chi connectivity index (χ0) is 18.7. The van der Waals surface area contributed by atoms with E-state index < -0.39 is 11.9 Å². The highest BCUT2D eigenvalue weighted by molar-refractivity contribution is 7.09. The Bertz CT molecular complexity index is 521. The smallest absolute Gasteiger partial charge is 0.328 e. The normalized spacial score (nSPS) is 15.4. The first kappa shape index (κ1) is 21.3. The van der Waals surface area contributed by atoms with Gasteiger partial charge in [0.15, 0.2) is 0 Å². The monoisotopic (exact) mass is 368 g/mol. The lowest BCUT2D eigenvalue weighted by atomic mass is 10.0. The highest BCUT2D eigenvalue weighted by atomic mass is 32.1. The molecular formula is C18H28N2O4S. The Kier molecular flexibility index (Phi) is 10.1. The van der Waals surface area contributed by atoms with Gasteiger partial charge < -0.3 is 15.5 Å². The molecule has 1 aromatic heterocycles. The van der Waals surface area contributed by atoms with Gasteiger partial charge in [-0.25, -0.2) is 9.59 Å². The summed E-state index contributed by atoms with van der Waals surface area (Å²) in [5.74, 6) is -1.76. The lowest BCUT2D eigenvalue weighted by molar-refractivity contribution is -0.134. The average Bonchev–Trinajstić information content (AvgIpc) is 3.06. The molecule has 0 unspecified atom stereocenters. The zero-order valence-electron chi connectivity index (χ0n) is 14.9. The molecule has 0 spiro atoms. The molecule has 140 valence electrons. The average molecular weight is 368 g/mol. The summed E-state index contributed by atoms with van der Waals surface area (Å²) < 4.78 is 0. The predicted molar refractivity (Wildman–Crippen MR) is 99.9 cm³/mol. The molecule has 1 aliphatic heterocycles. The lowest BCUT2D eigenvalue weighted by Crippen LogP contribution is -2.44. The SMILES string of the molecule is CC(C)CN(Cc1cccs1)C1CCNCC1.O=C(O)C=CC(=O)O. The van der Waals surface area contributed by atoms with Crippen molar-refractivity contribution >= 4 is 23.3 Å². The molecular weight excluding hydrogens is 340 g/mol. The van der Waals surface area contributed by atoms with Crippen LogP contribution in [0.2, 0.25) is 0 Å². The van der Waals surface area contributed by atoms with Crippen molar-refractivity contribution in [3.8, 4) is 0 Å². The minimum atomic E-state index is -1.26. The number of aliphatic carboxylic acids is 2. The fourth-order valence-electron chi connectivity index (χ4n) is 2.73. The van der Waals surface area contributed by atoms with Crippen molar-refractivity contribution in [2.24, 2.45) is 5.92 Å². The van der Waals surface area contributed by atoms with Gasteiger partial charge in [-0.2, -0.15) is 0 Å². The van der Waals surface area contributed by atoms with Crippen molar-refractivity contribution in [2.45, 2.75) is 39.3 Å². The van der Waals surface area contributed by atoms with Gasteiger partial charge in [0, 0.05) is 36.2 Å². The molecule has 0 aliphatic carbocycles. The third kappa shape index (κ3) is 10.0. The molecule has 0 bridgehead atoms. The van der Waals surface area contributed by atoms with Crippen molar-refractivity contribution in [2.75, 3.05) is 19.6 Å². The van der Waals surface area contributed by atoms with Crippen LogP contribution in [0.15, 0.2) is 29.7 Å². The van der Waals surface area contributed by atoms with Crippen LogP contribution >= 0.6 is 11.3 Å². The first-order valence-electron chi connectivity index (χ1n) is 8.49. The molecule has 2 heterocycles. The number of carbonyl (C=O) groups is 2. The van der Waals surface area contributed by atoms with Gasteiger partial charge in [-0.15, -0.1) is 11.3 Å². The topological polar surface area (TPSA) is 89.9 Å². The van der Waals surface area contributed by atoms with Gasteiger partial charge in [0.25, 0.3) is 0 Å². The number of hydrogen-bond acceptors (Lipinski definition) is 5. The summed E-state index contributed by atoms with van der Waals surface area (Å²) in [6.45, 7) is 9.38. The Labute approximate surface area is 153 Å². The number of carboxylic acids is 2. The highest BCUT2D eigenvalue weighted by Crippen LogP contribution is 2.19. The van der Waals surface area contributed by atoms with Gasteiger partial charge in [0.2, 0.25) is 0 Å². The number of hydrogen-bond donors (Lipinski definition) is 3. The molecule has 25 heavy (non-hydrogen) atoms. The second-order valence-corrected chi connectivity index (χ2v) is 7.43. The third-order valence-corrected chi connectivity index (χ3v) is 4.59. The summed E-state index contributed by atoms with van der Waals surface area (Å²) in [7, 11) is 0. The lowest BCUT2D eigenvalue weighted by Gasteiger charge is -2.35. The van der Waals surface area contributed by atoms with Crippen LogP contribution in [0.25, 0.3) is 0 Å². The minimum Gasteiger partial charge on any atom is -0.478 e. The first-order valence-corrected chi connectivity index (χ1v) is 9.37. The van der Waals surface area contributed by atoms with Gasteiger partial charge in [-0.1, -0.05) is 19.9 Å². The van der Waals surface area contributed by atoms with Crippen LogP contribution < -0.4 is 5.32 Å². The molecule has 0 saturated carbocycles. The van der Waals surface area contributed by atoms with Crippen LogP contribution in [0.1, 0.15) is 31.6 Å². The summed E-state index contributed by atoms with van der Waals surface area (Å²) in [6.07, 6.45) is 3.72. The molecule has 1 aromatic rings. The fourth-order valence-corrected chi connectivity index (χ4v) is 3.46. The summed E-state index contributed by atoms with van der Waals surface area (Å²) in [5, 5.41) is 21.3. The third-order valence-electron chi connectivity index (χ3n) is 3.73. The maximum Gasteiger partial charge on any atom is 0.328 e. The van der Waals surface area contributed by atoms with E-state index in [2.05, 4.69) is 41.6 Å². The van der Waals surface area contributed by atoms with Gasteiger partial charge in [-0.05, 0) is 43.3 Å². The number of nitrogens with one attached hydrogen (secondary N) is 1. The van der Waals surface area contributed by atoms with Gasteiger partial charge in [0.1, 0.15) is 0 Å². The van der Waals surface area contributed by atoms with Gasteiger partial charge >= 0.3 is 11.9 Å². The van der Waals surface area contributed by atoms with Gasteiger partial charge in [0.05, 0.1) is 0 Å². The maximum atomic E-state index is 9.55. The van der Waals surface area contributed by atoms with Gasteiger partial charge in [-0.3, -0.25) is 4.90 Å². The Balaban J connectivity index is 0.000000333. The Hall–Kier alpha value is -1.70. The molecule has 0 atom stereocenters. The molecule has 3 N–H and O–H groups in total. The standard InChI is InChI=1S/C14H24N2S.C4H4O4/c1-12(2)10-16(11-14-4-3-9-17-14)13-5-7-15-8-6-13;5-3(6)1-2-4(7)8/h3-4,9,12-13,15H,5-8,10-11H2,1-2H3;1-2H,(H,5,6)(H,7,8). The summed E-state index contributed by atoms with van der Waals surface area (Å²) in [5.41, 5.74) is 0. The molecule has 1 fully saturated rings. The number of thiophene rings is 1. The number of carboxylic acid groups (broad SMARTS) is 2. The quantitative estimate of drug-likeness (QED) is 0.641. The van der Waals surface area contributed by atoms with E-state index in [0.29, 0.717) is 12.2 Å². The van der Waals surface area contributed by atoms with E-state index in [9.17, 15) is 9.59 Å². The summed E-state index contributed by atoms with van der Waals surface area (Å²) >= 11 is 1.89. The largest absolute Gasteiger partial charge is 0.478 e. The molecule has 0 radical (unpaired) electrons. The van der Waals surface area contributed by atoms with E-state index in [1.54, 1.807) is 0 Å². The molecule has 1 aliphatic rings. The van der Waals surface area contributed by atoms with Crippen molar-refractivity contribution in [1.29, 1.82) is 0 Å².